The van der Waals surface area contributed by atoms with Crippen LogP contribution in [0.15, 0.2) is 0 Å². The molecule has 0 fully saturated rings. The molecule has 0 radical (unpaired) electrons. The Morgan fingerprint density at radius 3 is 3.00 bits per heavy atom. The minimum atomic E-state index is 0.219. The van der Waals surface area contributed by atoms with Gasteiger partial charge in [0.05, 0.1) is 11.4 Å². The maximum absolute atomic E-state index is 5.90. The number of hydrogen-bond acceptors (Lipinski definition) is 2. The molecule has 0 saturated heterocycles. The molecule has 60 valence electrons. The molecule has 0 bridgehead atoms. The lowest BCUT2D eigenvalue weighted by molar-refractivity contribution is 0.616. The molecule has 1 aromatic rings. The molecule has 0 spiro atoms. The summed E-state index contributed by atoms with van der Waals surface area (Å²) in [7, 11) is 1.97. The largest absolute Gasteiger partial charge is 0.323 e. The minimum Gasteiger partial charge on any atom is -0.323 e. The second-order valence-electron chi connectivity index (χ2n) is 3.22. The average Bonchev–Trinajstić information content (AvgIpc) is 2.41. The maximum Gasteiger partial charge on any atom is 0.0629 e. The molecule has 3 heteroatoms. The van der Waals surface area contributed by atoms with Gasteiger partial charge < -0.3 is 5.73 Å². The molecule has 2 rings (SSSR count). The first kappa shape index (κ1) is 6.85. The third-order valence-corrected chi connectivity index (χ3v) is 2.45. The molecule has 0 unspecified atom stereocenters. The van der Waals surface area contributed by atoms with E-state index in [1.54, 1.807) is 0 Å². The molecular weight excluding hydrogens is 138 g/mol. The van der Waals surface area contributed by atoms with Gasteiger partial charge in [0.15, 0.2) is 0 Å². The van der Waals surface area contributed by atoms with E-state index in [-0.39, 0.29) is 6.04 Å². The van der Waals surface area contributed by atoms with E-state index in [1.165, 1.54) is 11.3 Å². The van der Waals surface area contributed by atoms with Crippen molar-refractivity contribution in [2.45, 2.75) is 25.8 Å². The zero-order chi connectivity index (χ0) is 8.01. The molecule has 0 amide bonds. The van der Waals surface area contributed by atoms with Crippen LogP contribution >= 0.6 is 0 Å². The maximum atomic E-state index is 5.90. The summed E-state index contributed by atoms with van der Waals surface area (Å²) < 4.78 is 1.92. The highest BCUT2D eigenvalue weighted by Crippen LogP contribution is 2.30. The number of fused-ring (bicyclic) bond motifs is 1. The summed E-state index contributed by atoms with van der Waals surface area (Å²) >= 11 is 0. The predicted molar refractivity (Wildman–Crippen MR) is 43.2 cm³/mol. The fourth-order valence-corrected chi connectivity index (χ4v) is 1.93. The first-order valence-corrected chi connectivity index (χ1v) is 3.98. The summed E-state index contributed by atoms with van der Waals surface area (Å²) in [6.45, 7) is 2.05. The van der Waals surface area contributed by atoms with Crippen LogP contribution in [0.2, 0.25) is 0 Å². The van der Waals surface area contributed by atoms with Crippen LogP contribution in [-0.2, 0) is 13.5 Å². The number of hydrogen-bond donors (Lipinski definition) is 1. The standard InChI is InChI=1S/C8H13N3/c1-5-6-3-4-7(9)8(6)11(2)10-5/h7H,3-4,9H2,1-2H3/t7-/m1/s1. The third-order valence-electron chi connectivity index (χ3n) is 2.45. The fourth-order valence-electron chi connectivity index (χ4n) is 1.93. The highest BCUT2D eigenvalue weighted by molar-refractivity contribution is 5.32. The van der Waals surface area contributed by atoms with Gasteiger partial charge in [-0.1, -0.05) is 0 Å². The van der Waals surface area contributed by atoms with Crippen LogP contribution in [0.1, 0.15) is 29.4 Å². The van der Waals surface area contributed by atoms with E-state index in [9.17, 15) is 0 Å². The second kappa shape index (κ2) is 2.08. The van der Waals surface area contributed by atoms with Crippen LogP contribution in [-0.4, -0.2) is 9.78 Å². The van der Waals surface area contributed by atoms with Crippen LogP contribution in [0.3, 0.4) is 0 Å². The predicted octanol–water partition coefficient (Wildman–Crippen LogP) is 0.675. The lowest BCUT2D eigenvalue weighted by Gasteiger charge is -2.03. The van der Waals surface area contributed by atoms with Crippen molar-refractivity contribution in [2.24, 2.45) is 12.8 Å². The van der Waals surface area contributed by atoms with Crippen molar-refractivity contribution < 1.29 is 0 Å². The van der Waals surface area contributed by atoms with Crippen molar-refractivity contribution in [1.29, 1.82) is 0 Å². The first-order chi connectivity index (χ1) is 5.20. The summed E-state index contributed by atoms with van der Waals surface area (Å²) in [5.41, 5.74) is 9.66. The Labute approximate surface area is 66.2 Å². The van der Waals surface area contributed by atoms with E-state index in [0.29, 0.717) is 0 Å². The van der Waals surface area contributed by atoms with Gasteiger partial charge in [-0.3, -0.25) is 4.68 Å². The van der Waals surface area contributed by atoms with Crippen molar-refractivity contribution in [1.82, 2.24) is 9.78 Å². The molecule has 0 aromatic carbocycles. The van der Waals surface area contributed by atoms with Crippen molar-refractivity contribution in [3.05, 3.63) is 17.0 Å². The Bertz CT molecular complexity index is 288. The molecule has 1 aliphatic rings. The lowest BCUT2D eigenvalue weighted by Crippen LogP contribution is -2.10. The molecule has 2 N–H and O–H groups in total. The van der Waals surface area contributed by atoms with Crippen molar-refractivity contribution in [3.8, 4) is 0 Å². The second-order valence-corrected chi connectivity index (χ2v) is 3.22. The van der Waals surface area contributed by atoms with Gasteiger partial charge in [0.1, 0.15) is 0 Å². The number of nitrogens with two attached hydrogens (primary N) is 1. The zero-order valence-corrected chi connectivity index (χ0v) is 6.96. The van der Waals surface area contributed by atoms with Crippen LogP contribution in [0.5, 0.6) is 0 Å². The van der Waals surface area contributed by atoms with Crippen LogP contribution in [0, 0.1) is 6.92 Å². The molecule has 11 heavy (non-hydrogen) atoms. The number of nitrogens with zero attached hydrogens (tertiary/aromatic N) is 2. The Morgan fingerprint density at radius 1 is 1.64 bits per heavy atom. The summed E-state index contributed by atoms with van der Waals surface area (Å²) in [6.07, 6.45) is 2.19. The van der Waals surface area contributed by atoms with Gasteiger partial charge in [-0.2, -0.15) is 5.10 Å². The summed E-state index contributed by atoms with van der Waals surface area (Å²) in [5, 5.41) is 4.32. The van der Waals surface area contributed by atoms with Crippen molar-refractivity contribution >= 4 is 0 Å². The highest BCUT2D eigenvalue weighted by atomic mass is 15.3. The lowest BCUT2D eigenvalue weighted by atomic mass is 10.2. The average molecular weight is 151 g/mol. The van der Waals surface area contributed by atoms with E-state index >= 15 is 0 Å². The Morgan fingerprint density at radius 2 is 2.36 bits per heavy atom. The van der Waals surface area contributed by atoms with Gasteiger partial charge in [0.2, 0.25) is 0 Å². The normalized spacial score (nSPS) is 22.3. The SMILES string of the molecule is Cc1nn(C)c2c1CC[C@H]2N. The van der Waals surface area contributed by atoms with Gasteiger partial charge in [0.25, 0.3) is 0 Å². The van der Waals surface area contributed by atoms with E-state index in [1.807, 2.05) is 11.7 Å². The van der Waals surface area contributed by atoms with Gasteiger partial charge in [-0.15, -0.1) is 0 Å². The number of aryl methyl sites for hydroxylation is 2. The zero-order valence-electron chi connectivity index (χ0n) is 6.96. The van der Waals surface area contributed by atoms with Crippen molar-refractivity contribution in [3.63, 3.8) is 0 Å². The third kappa shape index (κ3) is 0.807. The first-order valence-electron chi connectivity index (χ1n) is 3.98. The van der Waals surface area contributed by atoms with E-state index in [4.69, 9.17) is 5.73 Å². The molecule has 3 nitrogen and oxygen atoms in total. The molecule has 1 heterocycles. The molecule has 0 aliphatic heterocycles. The molecular formula is C8H13N3. The molecule has 1 atom stereocenters. The van der Waals surface area contributed by atoms with E-state index < -0.39 is 0 Å². The fraction of sp³-hybridized carbons (Fsp3) is 0.625. The Kier molecular flexibility index (Phi) is 1.29. The van der Waals surface area contributed by atoms with Gasteiger partial charge in [0, 0.05) is 13.1 Å². The number of rotatable bonds is 0. The van der Waals surface area contributed by atoms with Crippen LogP contribution < -0.4 is 5.73 Å². The minimum absolute atomic E-state index is 0.219. The topological polar surface area (TPSA) is 43.8 Å². The Hall–Kier alpha value is -0.830. The molecule has 0 saturated carbocycles. The smallest absolute Gasteiger partial charge is 0.0629 e. The monoisotopic (exact) mass is 151 g/mol. The Balaban J connectivity index is 2.60. The highest BCUT2D eigenvalue weighted by Gasteiger charge is 2.25. The number of aromatic nitrogens is 2. The molecule has 1 aliphatic carbocycles. The van der Waals surface area contributed by atoms with E-state index in [2.05, 4.69) is 12.0 Å². The van der Waals surface area contributed by atoms with E-state index in [0.717, 1.165) is 18.5 Å². The van der Waals surface area contributed by atoms with Crippen LogP contribution in [0.4, 0.5) is 0 Å². The molecule has 1 aromatic heterocycles. The summed E-state index contributed by atoms with van der Waals surface area (Å²) in [4.78, 5) is 0. The summed E-state index contributed by atoms with van der Waals surface area (Å²) in [5.74, 6) is 0. The van der Waals surface area contributed by atoms with Gasteiger partial charge >= 0.3 is 0 Å². The van der Waals surface area contributed by atoms with Gasteiger partial charge in [-0.05, 0) is 25.3 Å². The van der Waals surface area contributed by atoms with Crippen LogP contribution in [0.25, 0.3) is 0 Å². The summed E-state index contributed by atoms with van der Waals surface area (Å²) in [6, 6.07) is 0.219. The van der Waals surface area contributed by atoms with Crippen molar-refractivity contribution in [2.75, 3.05) is 0 Å². The quantitative estimate of drug-likeness (QED) is 0.592. The van der Waals surface area contributed by atoms with Gasteiger partial charge in [-0.25, -0.2) is 0 Å².